The number of methoxy groups -OCH3 is 1. The fourth-order valence-corrected chi connectivity index (χ4v) is 2.26. The second-order valence-electron chi connectivity index (χ2n) is 4.34. The molecule has 0 spiro atoms. The first-order valence-electron chi connectivity index (χ1n) is 6.93. The van der Waals surface area contributed by atoms with Crippen LogP contribution in [0.5, 0.6) is 5.75 Å². The minimum Gasteiger partial charge on any atom is -0.494 e. The second-order valence-corrected chi connectivity index (χ2v) is 4.34. The Bertz CT molecular complexity index is 358. The Hall–Kier alpha value is -1.10. The van der Waals surface area contributed by atoms with Gasteiger partial charge in [0.25, 0.3) is 0 Å². The highest BCUT2D eigenvalue weighted by Crippen LogP contribution is 2.28. The summed E-state index contributed by atoms with van der Waals surface area (Å²) in [4.78, 5) is 2.32. The predicted molar refractivity (Wildman–Crippen MR) is 78.5 cm³/mol. The molecular weight excluding hydrogens is 240 g/mol. The molecule has 0 fully saturated rings. The fourth-order valence-electron chi connectivity index (χ4n) is 2.26. The van der Waals surface area contributed by atoms with E-state index in [1.165, 1.54) is 0 Å². The number of para-hydroxylation sites is 1. The Balaban J connectivity index is 2.93. The highest BCUT2D eigenvalue weighted by Gasteiger charge is 2.20. The van der Waals surface area contributed by atoms with Gasteiger partial charge in [0.15, 0.2) is 0 Å². The number of likely N-dealkylation sites (N-methyl/N-ethyl adjacent to an activating group) is 1. The average molecular weight is 266 g/mol. The average Bonchev–Trinajstić information content (AvgIpc) is 2.45. The monoisotopic (exact) mass is 266 g/mol. The summed E-state index contributed by atoms with van der Waals surface area (Å²) in [5.74, 6) is 0.927. The maximum Gasteiger partial charge on any atom is 0.124 e. The summed E-state index contributed by atoms with van der Waals surface area (Å²) in [7, 11) is 1.72. The maximum atomic E-state index is 5.98. The molecule has 0 aliphatic heterocycles. The van der Waals surface area contributed by atoms with E-state index >= 15 is 0 Å². The summed E-state index contributed by atoms with van der Waals surface area (Å²) >= 11 is 0. The van der Waals surface area contributed by atoms with Gasteiger partial charge in [-0.1, -0.05) is 25.1 Å². The molecule has 4 nitrogen and oxygen atoms in total. The van der Waals surface area contributed by atoms with Crippen LogP contribution < -0.4 is 10.5 Å². The van der Waals surface area contributed by atoms with Gasteiger partial charge in [0.05, 0.1) is 19.3 Å². The van der Waals surface area contributed by atoms with Crippen molar-refractivity contribution in [3.8, 4) is 5.75 Å². The molecule has 0 saturated heterocycles. The molecule has 108 valence electrons. The Morgan fingerprint density at radius 1 is 1.26 bits per heavy atom. The van der Waals surface area contributed by atoms with Crippen LogP contribution in [0, 0.1) is 0 Å². The number of nitrogens with two attached hydrogens (primary N) is 1. The number of ether oxygens (including phenoxy) is 2. The SMILES string of the molecule is CCOc1ccccc1C(CN)N(CC)CCOC. The van der Waals surface area contributed by atoms with Crippen LogP contribution >= 0.6 is 0 Å². The zero-order chi connectivity index (χ0) is 14.1. The smallest absolute Gasteiger partial charge is 0.124 e. The third kappa shape index (κ3) is 4.49. The minimum atomic E-state index is 0.169. The lowest BCUT2D eigenvalue weighted by molar-refractivity contribution is 0.124. The van der Waals surface area contributed by atoms with Crippen molar-refractivity contribution in [1.29, 1.82) is 0 Å². The highest BCUT2D eigenvalue weighted by molar-refractivity contribution is 5.36. The largest absolute Gasteiger partial charge is 0.494 e. The van der Waals surface area contributed by atoms with Crippen molar-refractivity contribution in [1.82, 2.24) is 4.90 Å². The fraction of sp³-hybridized carbons (Fsp3) is 0.600. The molecule has 0 saturated carbocycles. The van der Waals surface area contributed by atoms with Crippen LogP contribution in [0.3, 0.4) is 0 Å². The number of nitrogens with zero attached hydrogens (tertiary/aromatic N) is 1. The zero-order valence-electron chi connectivity index (χ0n) is 12.3. The first-order chi connectivity index (χ1) is 9.28. The molecule has 0 aromatic heterocycles. The van der Waals surface area contributed by atoms with Crippen molar-refractivity contribution in [2.45, 2.75) is 19.9 Å². The van der Waals surface area contributed by atoms with E-state index in [1.54, 1.807) is 7.11 Å². The number of benzene rings is 1. The van der Waals surface area contributed by atoms with Crippen LogP contribution in [0.2, 0.25) is 0 Å². The van der Waals surface area contributed by atoms with E-state index < -0.39 is 0 Å². The van der Waals surface area contributed by atoms with Crippen LogP contribution in [-0.4, -0.2) is 44.9 Å². The third-order valence-electron chi connectivity index (χ3n) is 3.23. The molecular formula is C15H26N2O2. The molecule has 0 aliphatic carbocycles. The first-order valence-corrected chi connectivity index (χ1v) is 6.93. The first kappa shape index (κ1) is 16.0. The molecule has 1 aromatic rings. The summed E-state index contributed by atoms with van der Waals surface area (Å²) in [6.45, 7) is 7.89. The van der Waals surface area contributed by atoms with Crippen molar-refractivity contribution in [3.63, 3.8) is 0 Å². The molecule has 0 radical (unpaired) electrons. The molecule has 0 bridgehead atoms. The molecule has 1 aromatic carbocycles. The molecule has 0 heterocycles. The van der Waals surface area contributed by atoms with Gasteiger partial charge < -0.3 is 15.2 Å². The van der Waals surface area contributed by atoms with Gasteiger partial charge in [0.1, 0.15) is 5.75 Å². The summed E-state index contributed by atoms with van der Waals surface area (Å²) < 4.78 is 10.9. The second kappa shape index (κ2) is 8.91. The van der Waals surface area contributed by atoms with Crippen LogP contribution in [0.1, 0.15) is 25.5 Å². The summed E-state index contributed by atoms with van der Waals surface area (Å²) in [5.41, 5.74) is 7.14. The highest BCUT2D eigenvalue weighted by atomic mass is 16.5. The van der Waals surface area contributed by atoms with Gasteiger partial charge in [0, 0.05) is 25.8 Å². The van der Waals surface area contributed by atoms with Crippen LogP contribution in [0.15, 0.2) is 24.3 Å². The van der Waals surface area contributed by atoms with Gasteiger partial charge in [-0.2, -0.15) is 0 Å². The van der Waals surface area contributed by atoms with E-state index in [0.717, 1.165) is 24.4 Å². The van der Waals surface area contributed by atoms with E-state index in [0.29, 0.717) is 19.8 Å². The molecule has 0 amide bonds. The predicted octanol–water partition coefficient (Wildman–Crippen LogP) is 2.05. The molecule has 1 unspecified atom stereocenters. The Kier molecular flexibility index (Phi) is 7.48. The van der Waals surface area contributed by atoms with E-state index in [-0.39, 0.29) is 6.04 Å². The molecule has 1 atom stereocenters. The van der Waals surface area contributed by atoms with Crippen molar-refractivity contribution >= 4 is 0 Å². The van der Waals surface area contributed by atoms with E-state index in [9.17, 15) is 0 Å². The normalized spacial score (nSPS) is 12.7. The summed E-state index contributed by atoms with van der Waals surface area (Å²) in [6.07, 6.45) is 0. The van der Waals surface area contributed by atoms with Crippen molar-refractivity contribution in [3.05, 3.63) is 29.8 Å². The number of hydrogen-bond donors (Lipinski definition) is 1. The third-order valence-corrected chi connectivity index (χ3v) is 3.23. The van der Waals surface area contributed by atoms with Gasteiger partial charge in [-0.05, 0) is 19.5 Å². The Morgan fingerprint density at radius 3 is 2.58 bits per heavy atom. The van der Waals surface area contributed by atoms with Crippen LogP contribution in [0.4, 0.5) is 0 Å². The van der Waals surface area contributed by atoms with Gasteiger partial charge in [-0.3, -0.25) is 4.90 Å². The Labute approximate surface area is 116 Å². The topological polar surface area (TPSA) is 47.7 Å². The van der Waals surface area contributed by atoms with Crippen LogP contribution in [-0.2, 0) is 4.74 Å². The minimum absolute atomic E-state index is 0.169. The van der Waals surface area contributed by atoms with E-state index in [4.69, 9.17) is 15.2 Å². The van der Waals surface area contributed by atoms with Crippen molar-refractivity contribution < 1.29 is 9.47 Å². The quantitative estimate of drug-likeness (QED) is 0.743. The van der Waals surface area contributed by atoms with E-state index in [1.807, 2.05) is 25.1 Å². The standard InChI is InChI=1S/C15H26N2O2/c1-4-17(10-11-18-3)14(12-16)13-8-6-7-9-15(13)19-5-2/h6-9,14H,4-5,10-12,16H2,1-3H3. The van der Waals surface area contributed by atoms with Gasteiger partial charge >= 0.3 is 0 Å². The van der Waals surface area contributed by atoms with Gasteiger partial charge in [0.2, 0.25) is 0 Å². The summed E-state index contributed by atoms with van der Waals surface area (Å²) in [6, 6.07) is 8.30. The lowest BCUT2D eigenvalue weighted by atomic mass is 10.0. The maximum absolute atomic E-state index is 5.98. The Morgan fingerprint density at radius 2 is 2.00 bits per heavy atom. The number of rotatable bonds is 9. The lowest BCUT2D eigenvalue weighted by Gasteiger charge is -2.31. The van der Waals surface area contributed by atoms with Crippen molar-refractivity contribution in [2.24, 2.45) is 5.73 Å². The lowest BCUT2D eigenvalue weighted by Crippen LogP contribution is -2.36. The molecule has 0 aliphatic rings. The molecule has 2 N–H and O–H groups in total. The number of hydrogen-bond acceptors (Lipinski definition) is 4. The molecule has 1 rings (SSSR count). The summed E-state index contributed by atoms with van der Waals surface area (Å²) in [5, 5.41) is 0. The van der Waals surface area contributed by atoms with Gasteiger partial charge in [-0.25, -0.2) is 0 Å². The molecule has 19 heavy (non-hydrogen) atoms. The van der Waals surface area contributed by atoms with Crippen LogP contribution in [0.25, 0.3) is 0 Å². The molecule has 4 heteroatoms. The van der Waals surface area contributed by atoms with E-state index in [2.05, 4.69) is 17.9 Å². The van der Waals surface area contributed by atoms with Crippen molar-refractivity contribution in [2.75, 3.05) is 40.0 Å². The zero-order valence-corrected chi connectivity index (χ0v) is 12.3. The van der Waals surface area contributed by atoms with Gasteiger partial charge in [-0.15, -0.1) is 0 Å².